The lowest BCUT2D eigenvalue weighted by Crippen LogP contribution is -2.41. The summed E-state index contributed by atoms with van der Waals surface area (Å²) in [5.41, 5.74) is 2.31. The van der Waals surface area contributed by atoms with E-state index in [1.54, 1.807) is 12.1 Å². The summed E-state index contributed by atoms with van der Waals surface area (Å²) in [5, 5.41) is 8.96. The molecule has 2 aromatic rings. The molecule has 1 aromatic heterocycles. The predicted octanol–water partition coefficient (Wildman–Crippen LogP) is 3.00. The third kappa shape index (κ3) is 4.17. The topological polar surface area (TPSA) is 92.3 Å². The molecule has 0 atom stereocenters. The number of hydrogen-bond donors (Lipinski definition) is 1. The van der Waals surface area contributed by atoms with Crippen LogP contribution in [0.2, 0.25) is 0 Å². The van der Waals surface area contributed by atoms with Crippen molar-refractivity contribution in [2.45, 2.75) is 43.4 Å². The van der Waals surface area contributed by atoms with Gasteiger partial charge in [0.15, 0.2) is 5.01 Å². The fourth-order valence-corrected chi connectivity index (χ4v) is 5.92. The zero-order valence-electron chi connectivity index (χ0n) is 15.5. The van der Waals surface area contributed by atoms with Crippen LogP contribution in [0.4, 0.5) is 13.9 Å². The third-order valence-corrected chi connectivity index (χ3v) is 8.13. The maximum Gasteiger partial charge on any atom is 0.291 e. The Morgan fingerprint density at radius 1 is 1.17 bits per heavy atom. The number of nitrogens with zero attached hydrogens (tertiary/aromatic N) is 3. The number of halogens is 2. The van der Waals surface area contributed by atoms with E-state index in [2.05, 4.69) is 15.5 Å². The molecule has 0 bridgehead atoms. The summed E-state index contributed by atoms with van der Waals surface area (Å²) in [6, 6.07) is 5.33. The van der Waals surface area contributed by atoms with Crippen LogP contribution in [0, 0.1) is 5.92 Å². The summed E-state index contributed by atoms with van der Waals surface area (Å²) in [7, 11) is -3.60. The molecule has 11 heteroatoms. The van der Waals surface area contributed by atoms with Crippen molar-refractivity contribution < 1.29 is 22.0 Å². The van der Waals surface area contributed by atoms with Crippen LogP contribution in [-0.2, 0) is 27.7 Å². The molecule has 1 fully saturated rings. The van der Waals surface area contributed by atoms with Gasteiger partial charge in [0, 0.05) is 19.0 Å². The van der Waals surface area contributed by atoms with E-state index in [0.29, 0.717) is 29.1 Å². The van der Waals surface area contributed by atoms with E-state index in [1.807, 2.05) is 6.07 Å². The summed E-state index contributed by atoms with van der Waals surface area (Å²) in [4.78, 5) is 12.7. The van der Waals surface area contributed by atoms with Gasteiger partial charge < -0.3 is 5.32 Å². The molecule has 0 saturated carbocycles. The molecule has 2 heterocycles. The van der Waals surface area contributed by atoms with Crippen LogP contribution in [-0.4, -0.2) is 41.9 Å². The van der Waals surface area contributed by atoms with E-state index in [-0.39, 0.29) is 24.1 Å². The second-order valence-corrected chi connectivity index (χ2v) is 10.1. The van der Waals surface area contributed by atoms with Crippen LogP contribution in [0.15, 0.2) is 23.1 Å². The Balaban J connectivity index is 1.37. The Hall–Kier alpha value is -1.98. The Kier molecular flexibility index (Phi) is 5.63. The second-order valence-electron chi connectivity index (χ2n) is 7.20. The number of fused-ring (bicyclic) bond motifs is 1. The number of anilines is 1. The van der Waals surface area contributed by atoms with Gasteiger partial charge in [-0.1, -0.05) is 17.4 Å². The molecule has 1 amide bonds. The van der Waals surface area contributed by atoms with Crippen molar-refractivity contribution in [1.29, 1.82) is 0 Å². The molecule has 0 radical (unpaired) electrons. The van der Waals surface area contributed by atoms with Gasteiger partial charge in [0.25, 0.3) is 6.43 Å². The lowest BCUT2D eigenvalue weighted by atomic mass is 9.97. The molecule has 1 aliphatic carbocycles. The Morgan fingerprint density at radius 3 is 2.59 bits per heavy atom. The third-order valence-electron chi connectivity index (χ3n) is 5.39. The minimum absolute atomic E-state index is 0.0264. The minimum atomic E-state index is -3.60. The molecule has 156 valence electrons. The number of carbonyl (C=O) groups is 1. The normalized spacial score (nSPS) is 18.2. The number of rotatable bonds is 5. The van der Waals surface area contributed by atoms with Gasteiger partial charge in [-0.15, -0.1) is 10.2 Å². The van der Waals surface area contributed by atoms with Crippen molar-refractivity contribution in [3.63, 3.8) is 0 Å². The van der Waals surface area contributed by atoms with Gasteiger partial charge in [0.2, 0.25) is 21.1 Å². The number of aromatic nitrogens is 2. The molecule has 1 aliphatic heterocycles. The fourth-order valence-electron chi connectivity index (χ4n) is 3.80. The maximum absolute atomic E-state index is 13.0. The van der Waals surface area contributed by atoms with Gasteiger partial charge in [-0.2, -0.15) is 4.31 Å². The Morgan fingerprint density at radius 2 is 1.90 bits per heavy atom. The van der Waals surface area contributed by atoms with Crippen molar-refractivity contribution >= 4 is 32.4 Å². The summed E-state index contributed by atoms with van der Waals surface area (Å²) >= 11 is 0.635. The molecule has 1 saturated heterocycles. The molecule has 7 nitrogen and oxygen atoms in total. The lowest BCUT2D eigenvalue weighted by Gasteiger charge is -2.30. The first-order valence-electron chi connectivity index (χ1n) is 9.39. The number of alkyl halides is 2. The first-order chi connectivity index (χ1) is 13.8. The van der Waals surface area contributed by atoms with Crippen LogP contribution >= 0.6 is 11.3 Å². The second kappa shape index (κ2) is 8.04. The van der Waals surface area contributed by atoms with Crippen molar-refractivity contribution in [3.05, 3.63) is 34.3 Å². The monoisotopic (exact) mass is 442 g/mol. The number of sulfonamides is 1. The molecular weight excluding hydrogens is 422 g/mol. The molecule has 0 spiro atoms. The fraction of sp³-hybridized carbons (Fsp3) is 0.500. The van der Waals surface area contributed by atoms with Gasteiger partial charge in [-0.05, 0) is 55.4 Å². The number of carbonyl (C=O) groups excluding carboxylic acids is 1. The molecule has 1 N–H and O–H groups in total. The van der Waals surface area contributed by atoms with Crippen LogP contribution < -0.4 is 5.32 Å². The minimum Gasteiger partial charge on any atom is -0.300 e. The van der Waals surface area contributed by atoms with Crippen LogP contribution in [0.1, 0.15) is 41.8 Å². The number of hydrogen-bond acceptors (Lipinski definition) is 6. The van der Waals surface area contributed by atoms with Gasteiger partial charge in [0.1, 0.15) is 0 Å². The SMILES string of the molecule is O=C(Nc1nnc(C(F)F)s1)C1CCN(S(=O)(=O)c2ccc3c(c2)CCC3)CC1. The Labute approximate surface area is 171 Å². The highest BCUT2D eigenvalue weighted by Crippen LogP contribution is 2.30. The van der Waals surface area contributed by atoms with E-state index in [9.17, 15) is 22.0 Å². The van der Waals surface area contributed by atoms with Crippen LogP contribution in [0.5, 0.6) is 0 Å². The highest BCUT2D eigenvalue weighted by Gasteiger charge is 2.33. The van der Waals surface area contributed by atoms with Crippen molar-refractivity contribution in [2.75, 3.05) is 18.4 Å². The van der Waals surface area contributed by atoms with E-state index in [0.717, 1.165) is 24.8 Å². The molecule has 29 heavy (non-hydrogen) atoms. The predicted molar refractivity (Wildman–Crippen MR) is 103 cm³/mol. The number of benzene rings is 1. The number of aryl methyl sites for hydroxylation is 2. The van der Waals surface area contributed by atoms with Crippen molar-refractivity contribution in [1.82, 2.24) is 14.5 Å². The zero-order valence-corrected chi connectivity index (χ0v) is 17.1. The van der Waals surface area contributed by atoms with Crippen molar-refractivity contribution in [2.24, 2.45) is 5.92 Å². The summed E-state index contributed by atoms with van der Waals surface area (Å²) in [5.74, 6) is -0.753. The van der Waals surface area contributed by atoms with Gasteiger partial charge in [0.05, 0.1) is 4.90 Å². The highest BCUT2D eigenvalue weighted by molar-refractivity contribution is 7.89. The standard InChI is InChI=1S/C18H20F2N4O3S2/c19-15(20)17-22-23-18(28-17)21-16(25)12-6-8-24(9-7-12)29(26,27)14-5-4-11-2-1-3-13(11)10-14/h4-5,10,12,15H,1-3,6-9H2,(H,21,23,25). The number of nitrogens with one attached hydrogen (secondary N) is 1. The summed E-state index contributed by atoms with van der Waals surface area (Å²) in [6.45, 7) is 0.464. The lowest BCUT2D eigenvalue weighted by molar-refractivity contribution is -0.120. The van der Waals surface area contributed by atoms with E-state index in [4.69, 9.17) is 0 Å². The van der Waals surface area contributed by atoms with Crippen LogP contribution in [0.25, 0.3) is 0 Å². The average molecular weight is 443 g/mol. The first kappa shape index (κ1) is 20.3. The molecular formula is C18H20F2N4O3S2. The number of amides is 1. The highest BCUT2D eigenvalue weighted by atomic mass is 32.2. The largest absolute Gasteiger partial charge is 0.300 e. The quantitative estimate of drug-likeness (QED) is 0.769. The van der Waals surface area contributed by atoms with E-state index >= 15 is 0 Å². The van der Waals surface area contributed by atoms with Gasteiger partial charge >= 0.3 is 0 Å². The summed E-state index contributed by atoms with van der Waals surface area (Å²) < 4.78 is 52.5. The molecule has 4 rings (SSSR count). The smallest absolute Gasteiger partial charge is 0.291 e. The molecule has 2 aliphatic rings. The first-order valence-corrected chi connectivity index (χ1v) is 11.6. The summed E-state index contributed by atoms with van der Waals surface area (Å²) in [6.07, 6.45) is 0.925. The van der Waals surface area contributed by atoms with Gasteiger partial charge in [-0.3, -0.25) is 4.79 Å². The molecule has 1 aromatic carbocycles. The molecule has 0 unspecified atom stereocenters. The van der Waals surface area contributed by atoms with Crippen molar-refractivity contribution in [3.8, 4) is 0 Å². The Bertz CT molecular complexity index is 1020. The van der Waals surface area contributed by atoms with E-state index < -0.39 is 27.4 Å². The van der Waals surface area contributed by atoms with E-state index in [1.165, 1.54) is 9.87 Å². The maximum atomic E-state index is 13.0. The number of piperidine rings is 1. The average Bonchev–Trinajstić information content (AvgIpc) is 3.36. The van der Waals surface area contributed by atoms with Gasteiger partial charge in [-0.25, -0.2) is 17.2 Å². The zero-order chi connectivity index (χ0) is 20.6. The van der Waals surface area contributed by atoms with Crippen LogP contribution in [0.3, 0.4) is 0 Å².